The Morgan fingerprint density at radius 2 is 1.58 bits per heavy atom. The Hall–Kier alpha value is -4.14. The van der Waals surface area contributed by atoms with E-state index in [-0.39, 0.29) is 30.8 Å². The number of carbonyl (C=O) groups excluding carboxylic acids is 2. The summed E-state index contributed by atoms with van der Waals surface area (Å²) in [4.78, 5) is 31.6. The lowest BCUT2D eigenvalue weighted by atomic mass is 9.90. The molecule has 0 unspecified atom stereocenters. The van der Waals surface area contributed by atoms with E-state index in [1.807, 2.05) is 92.8 Å². The number of aromatic nitrogens is 1. The number of hydrogen-bond acceptors (Lipinski definition) is 4. The van der Waals surface area contributed by atoms with E-state index in [0.29, 0.717) is 0 Å². The number of amides is 3. The molecule has 1 fully saturated rings. The number of hydrogen-bond donors (Lipinski definition) is 4. The van der Waals surface area contributed by atoms with E-state index in [0.717, 1.165) is 38.8 Å². The molecular weight excluding hydrogens is 564 g/mol. The van der Waals surface area contributed by atoms with Crippen molar-refractivity contribution in [2.24, 2.45) is 0 Å². The second kappa shape index (κ2) is 13.1. The summed E-state index contributed by atoms with van der Waals surface area (Å²) in [5.41, 5.74) is 4.38. The maximum absolute atomic E-state index is 14.4. The van der Waals surface area contributed by atoms with Gasteiger partial charge in [0.1, 0.15) is 11.6 Å². The van der Waals surface area contributed by atoms with Crippen LogP contribution in [0.5, 0.6) is 0 Å². The third kappa shape index (κ3) is 7.24. The van der Waals surface area contributed by atoms with Crippen LogP contribution in [0.2, 0.25) is 0 Å². The monoisotopic (exact) mass is 610 g/mol. The van der Waals surface area contributed by atoms with Crippen molar-refractivity contribution < 1.29 is 19.1 Å². The molecule has 0 aliphatic carbocycles. The van der Waals surface area contributed by atoms with Crippen LogP contribution in [-0.2, 0) is 20.7 Å². The number of anilines is 1. The lowest BCUT2D eigenvalue weighted by molar-refractivity contribution is -0.285. The number of ether oxygens (including phenoxy) is 2. The van der Waals surface area contributed by atoms with Crippen LogP contribution in [0.25, 0.3) is 10.9 Å². The van der Waals surface area contributed by atoms with Gasteiger partial charge in [0.2, 0.25) is 5.91 Å². The van der Waals surface area contributed by atoms with E-state index in [9.17, 15) is 9.59 Å². The first kappa shape index (κ1) is 32.3. The van der Waals surface area contributed by atoms with Gasteiger partial charge < -0.3 is 30.4 Å². The van der Waals surface area contributed by atoms with Gasteiger partial charge in [-0.25, -0.2) is 4.79 Å². The van der Waals surface area contributed by atoms with Crippen LogP contribution in [0.3, 0.4) is 0 Å². The average molecular weight is 611 g/mol. The predicted octanol–water partition coefficient (Wildman–Crippen LogP) is 7.55. The van der Waals surface area contributed by atoms with Gasteiger partial charge in [-0.1, -0.05) is 94.4 Å². The Morgan fingerprint density at radius 3 is 2.24 bits per heavy atom. The molecule has 3 atom stereocenters. The van der Waals surface area contributed by atoms with Crippen molar-refractivity contribution >= 4 is 28.5 Å². The quantitative estimate of drug-likeness (QED) is 0.157. The van der Waals surface area contributed by atoms with Crippen LogP contribution in [-0.4, -0.2) is 40.9 Å². The summed E-state index contributed by atoms with van der Waals surface area (Å²) in [5.74, 6) is -0.747. The van der Waals surface area contributed by atoms with Gasteiger partial charge in [-0.15, -0.1) is 0 Å². The van der Waals surface area contributed by atoms with E-state index in [1.54, 1.807) is 6.92 Å². The zero-order valence-electron chi connectivity index (χ0n) is 27.4. The van der Waals surface area contributed by atoms with Crippen molar-refractivity contribution in [2.75, 3.05) is 11.9 Å². The Morgan fingerprint density at radius 1 is 0.933 bits per heavy atom. The Balaban J connectivity index is 1.47. The van der Waals surface area contributed by atoms with Gasteiger partial charge in [0, 0.05) is 29.2 Å². The summed E-state index contributed by atoms with van der Waals surface area (Å²) in [7, 11) is 0. The molecular formula is C37H46N4O4. The van der Waals surface area contributed by atoms with E-state index in [1.165, 1.54) is 0 Å². The molecule has 1 aliphatic rings. The Kier molecular flexibility index (Phi) is 9.37. The van der Waals surface area contributed by atoms with Gasteiger partial charge in [0.15, 0.2) is 5.79 Å². The molecule has 1 saturated heterocycles. The molecule has 8 nitrogen and oxygen atoms in total. The van der Waals surface area contributed by atoms with Crippen molar-refractivity contribution in [1.29, 1.82) is 0 Å². The second-order valence-corrected chi connectivity index (χ2v) is 13.3. The lowest BCUT2D eigenvalue weighted by Gasteiger charge is -2.42. The van der Waals surface area contributed by atoms with Crippen molar-refractivity contribution in [1.82, 2.24) is 15.6 Å². The van der Waals surface area contributed by atoms with Crippen LogP contribution in [0.15, 0.2) is 79.0 Å². The van der Waals surface area contributed by atoms with E-state index in [4.69, 9.17) is 9.47 Å². The van der Waals surface area contributed by atoms with Gasteiger partial charge in [-0.2, -0.15) is 0 Å². The van der Waals surface area contributed by atoms with Gasteiger partial charge in [-0.3, -0.25) is 4.79 Å². The summed E-state index contributed by atoms with van der Waals surface area (Å²) < 4.78 is 12.3. The summed E-state index contributed by atoms with van der Waals surface area (Å²) >= 11 is 0. The highest BCUT2D eigenvalue weighted by molar-refractivity contribution is 5.97. The maximum atomic E-state index is 14.4. The lowest BCUT2D eigenvalue weighted by Crippen LogP contribution is -2.63. The molecule has 4 N–H and O–H groups in total. The zero-order valence-corrected chi connectivity index (χ0v) is 27.4. The normalized spacial score (nSPS) is 19.3. The number of aromatic amines is 1. The predicted molar refractivity (Wildman–Crippen MR) is 179 cm³/mol. The number of rotatable bonds is 9. The number of para-hydroxylation sites is 2. The van der Waals surface area contributed by atoms with Crippen LogP contribution in [0.1, 0.15) is 88.7 Å². The van der Waals surface area contributed by atoms with Crippen molar-refractivity contribution in [3.63, 3.8) is 0 Å². The molecule has 0 saturated carbocycles. The maximum Gasteiger partial charge on any atom is 0.320 e. The van der Waals surface area contributed by atoms with E-state index in [2.05, 4.69) is 48.6 Å². The Bertz CT molecular complexity index is 1620. The topological polar surface area (TPSA) is 104 Å². The fourth-order valence-corrected chi connectivity index (χ4v) is 6.12. The SMILES string of the molecule is CC(C)c1cccc(C(C)C)c1NC(=O)N[C@](C)(Cc1c[nH]c2ccccc12)C(=O)N[C@@H]1COC(C)(C)O[C@@H]1c1ccccc1. The first-order valence-electron chi connectivity index (χ1n) is 15.8. The molecule has 0 radical (unpaired) electrons. The third-order valence-electron chi connectivity index (χ3n) is 8.55. The molecule has 3 amide bonds. The van der Waals surface area contributed by atoms with Gasteiger partial charge in [0.05, 0.1) is 12.6 Å². The Labute approximate surface area is 266 Å². The number of carbonyl (C=O) groups is 2. The summed E-state index contributed by atoms with van der Waals surface area (Å²) in [6, 6.07) is 23.0. The fourth-order valence-electron chi connectivity index (χ4n) is 6.12. The highest BCUT2D eigenvalue weighted by Gasteiger charge is 2.42. The van der Waals surface area contributed by atoms with Gasteiger partial charge >= 0.3 is 6.03 Å². The average Bonchev–Trinajstić information content (AvgIpc) is 3.40. The molecule has 1 aromatic heterocycles. The molecule has 4 aromatic rings. The molecule has 1 aliphatic heterocycles. The minimum Gasteiger partial charge on any atom is -0.361 e. The highest BCUT2D eigenvalue weighted by atomic mass is 16.7. The number of urea groups is 1. The standard InChI is InChI=1S/C37H46N4O4/c1-23(2)27-17-13-18-28(24(3)4)32(27)40-35(43)41-37(7,20-26-21-38-30-19-12-11-16-29(26)30)34(42)39-31-22-44-36(5,6)45-33(31)25-14-9-8-10-15-25/h8-19,21,23-24,31,33,38H,20,22H2,1-7H3,(H,39,42)(H2,40,41,43)/t31-,33-,37-/m1/s1. The fraction of sp³-hybridized carbons (Fsp3) is 0.405. The molecule has 0 spiro atoms. The second-order valence-electron chi connectivity index (χ2n) is 13.3. The van der Waals surface area contributed by atoms with Crippen LogP contribution < -0.4 is 16.0 Å². The van der Waals surface area contributed by atoms with Crippen LogP contribution >= 0.6 is 0 Å². The summed E-state index contributed by atoms with van der Waals surface area (Å²) in [6.45, 7) is 14.2. The molecule has 2 heterocycles. The molecule has 3 aromatic carbocycles. The van der Waals surface area contributed by atoms with Gasteiger partial charge in [-0.05, 0) is 60.9 Å². The summed E-state index contributed by atoms with van der Waals surface area (Å²) in [6.07, 6.45) is 1.73. The number of fused-ring (bicyclic) bond motifs is 1. The van der Waals surface area contributed by atoms with Crippen molar-refractivity contribution in [3.05, 3.63) is 101 Å². The van der Waals surface area contributed by atoms with Crippen molar-refractivity contribution in [2.45, 2.75) is 90.2 Å². The minimum atomic E-state index is -1.33. The molecule has 45 heavy (non-hydrogen) atoms. The summed E-state index contributed by atoms with van der Waals surface area (Å²) in [5, 5.41) is 10.4. The largest absolute Gasteiger partial charge is 0.361 e. The van der Waals surface area contributed by atoms with Crippen molar-refractivity contribution in [3.8, 4) is 0 Å². The smallest absolute Gasteiger partial charge is 0.320 e. The van der Waals surface area contributed by atoms with Crippen LogP contribution in [0, 0.1) is 0 Å². The van der Waals surface area contributed by atoms with Crippen LogP contribution in [0.4, 0.5) is 10.5 Å². The molecule has 238 valence electrons. The first-order chi connectivity index (χ1) is 21.4. The minimum absolute atomic E-state index is 0.199. The molecule has 8 heteroatoms. The number of benzene rings is 3. The highest BCUT2D eigenvalue weighted by Crippen LogP contribution is 2.35. The molecule has 0 bridgehead atoms. The zero-order chi connectivity index (χ0) is 32.4. The number of H-pyrrole nitrogens is 1. The van der Waals surface area contributed by atoms with Gasteiger partial charge in [0.25, 0.3) is 0 Å². The van der Waals surface area contributed by atoms with E-state index < -0.39 is 29.5 Å². The van der Waals surface area contributed by atoms with E-state index >= 15 is 0 Å². The molecule has 5 rings (SSSR count). The number of nitrogens with one attached hydrogen (secondary N) is 4. The first-order valence-corrected chi connectivity index (χ1v) is 15.8. The third-order valence-corrected chi connectivity index (χ3v) is 8.55.